The largest absolute Gasteiger partial charge is 0.496 e. The number of furan rings is 1. The van der Waals surface area contributed by atoms with E-state index in [1.54, 1.807) is 13.2 Å². The van der Waals surface area contributed by atoms with Crippen LogP contribution in [0.25, 0.3) is 11.0 Å². The molecule has 0 bridgehead atoms. The Morgan fingerprint density at radius 1 is 1.21 bits per heavy atom. The van der Waals surface area contributed by atoms with Crippen LogP contribution in [-0.2, 0) is 0 Å². The molecule has 152 valence electrons. The Hall–Kier alpha value is -2.50. The number of aryl methyl sites for hydroxylation is 1. The standard InChI is InChI=1S/C23H25ClN2O3/c1-15-16-9-7-10-18(24)22(16)29-21(15)23(27)25-14-19(26-12-5-6-13-26)17-8-3-4-11-20(17)28-2/h3-4,7-11,19H,5-6,12-14H2,1-2H3,(H,25,27)/p+1/t19-/m0/s1. The second-order valence-corrected chi connectivity index (χ2v) is 7.95. The molecule has 1 fully saturated rings. The fourth-order valence-electron chi connectivity index (χ4n) is 4.31. The van der Waals surface area contributed by atoms with Gasteiger partial charge < -0.3 is 19.4 Å². The summed E-state index contributed by atoms with van der Waals surface area (Å²) in [4.78, 5) is 14.4. The molecule has 0 saturated carbocycles. The lowest BCUT2D eigenvalue weighted by atomic mass is 10.0. The number of methoxy groups -OCH3 is 1. The number of benzene rings is 2. The highest BCUT2D eigenvalue weighted by molar-refractivity contribution is 6.35. The highest BCUT2D eigenvalue weighted by Crippen LogP contribution is 2.30. The third-order valence-electron chi connectivity index (χ3n) is 5.84. The predicted molar refractivity (Wildman–Crippen MR) is 114 cm³/mol. The van der Waals surface area contributed by atoms with Crippen molar-refractivity contribution in [3.63, 3.8) is 0 Å². The molecule has 2 heterocycles. The average Bonchev–Trinajstić information content (AvgIpc) is 3.38. The van der Waals surface area contributed by atoms with Gasteiger partial charge in [-0.15, -0.1) is 0 Å². The molecule has 4 rings (SSSR count). The van der Waals surface area contributed by atoms with Crippen LogP contribution in [0.1, 0.15) is 40.6 Å². The summed E-state index contributed by atoms with van der Waals surface area (Å²) >= 11 is 6.23. The van der Waals surface area contributed by atoms with Crippen LogP contribution < -0.4 is 15.0 Å². The van der Waals surface area contributed by atoms with Gasteiger partial charge in [0.15, 0.2) is 11.3 Å². The second kappa shape index (κ2) is 8.47. The molecule has 0 unspecified atom stereocenters. The zero-order chi connectivity index (χ0) is 20.4. The van der Waals surface area contributed by atoms with Crippen molar-refractivity contribution in [1.29, 1.82) is 0 Å². The molecular formula is C23H26ClN2O3+. The van der Waals surface area contributed by atoms with E-state index in [0.717, 1.165) is 35.4 Å². The van der Waals surface area contributed by atoms with Crippen molar-refractivity contribution >= 4 is 28.5 Å². The monoisotopic (exact) mass is 413 g/mol. The highest BCUT2D eigenvalue weighted by Gasteiger charge is 2.30. The normalized spacial score (nSPS) is 15.6. The maximum atomic E-state index is 13.0. The molecule has 1 amide bonds. The first-order chi connectivity index (χ1) is 14.1. The van der Waals surface area contributed by atoms with Crippen LogP contribution in [0.3, 0.4) is 0 Å². The van der Waals surface area contributed by atoms with Crippen LogP contribution in [0.5, 0.6) is 5.75 Å². The number of ether oxygens (including phenoxy) is 1. The first-order valence-electron chi connectivity index (χ1n) is 10.0. The molecule has 0 aliphatic carbocycles. The Morgan fingerprint density at radius 3 is 2.69 bits per heavy atom. The third kappa shape index (κ3) is 3.85. The average molecular weight is 414 g/mol. The van der Waals surface area contributed by atoms with Gasteiger partial charge in [-0.25, -0.2) is 0 Å². The van der Waals surface area contributed by atoms with E-state index < -0.39 is 0 Å². The molecule has 0 spiro atoms. The lowest BCUT2D eigenvalue weighted by Crippen LogP contribution is -3.11. The second-order valence-electron chi connectivity index (χ2n) is 7.54. The number of fused-ring (bicyclic) bond motifs is 1. The van der Waals surface area contributed by atoms with Crippen molar-refractivity contribution in [2.45, 2.75) is 25.8 Å². The van der Waals surface area contributed by atoms with Crippen LogP contribution >= 0.6 is 11.6 Å². The van der Waals surface area contributed by atoms with Crippen molar-refractivity contribution in [1.82, 2.24) is 5.32 Å². The zero-order valence-electron chi connectivity index (χ0n) is 16.8. The van der Waals surface area contributed by atoms with Crippen molar-refractivity contribution < 1.29 is 18.8 Å². The van der Waals surface area contributed by atoms with E-state index in [2.05, 4.69) is 11.4 Å². The zero-order valence-corrected chi connectivity index (χ0v) is 17.5. The lowest BCUT2D eigenvalue weighted by Gasteiger charge is -2.26. The number of hydrogen-bond acceptors (Lipinski definition) is 3. The van der Waals surface area contributed by atoms with Gasteiger partial charge in [0.2, 0.25) is 0 Å². The number of rotatable bonds is 6. The number of hydrogen-bond donors (Lipinski definition) is 2. The molecule has 0 radical (unpaired) electrons. The topological polar surface area (TPSA) is 55.9 Å². The number of amides is 1. The summed E-state index contributed by atoms with van der Waals surface area (Å²) in [5.74, 6) is 0.967. The summed E-state index contributed by atoms with van der Waals surface area (Å²) in [6, 6.07) is 13.7. The van der Waals surface area contributed by atoms with E-state index in [0.29, 0.717) is 22.9 Å². The molecule has 3 aromatic rings. The molecule has 5 nitrogen and oxygen atoms in total. The Bertz CT molecular complexity index is 1020. The number of para-hydroxylation sites is 2. The summed E-state index contributed by atoms with van der Waals surface area (Å²) in [5, 5.41) is 4.48. The van der Waals surface area contributed by atoms with E-state index in [-0.39, 0.29) is 11.9 Å². The van der Waals surface area contributed by atoms with Gasteiger partial charge in [-0.3, -0.25) is 4.79 Å². The number of nitrogens with one attached hydrogen (secondary N) is 2. The molecule has 29 heavy (non-hydrogen) atoms. The lowest BCUT2D eigenvalue weighted by molar-refractivity contribution is -0.918. The van der Waals surface area contributed by atoms with E-state index >= 15 is 0 Å². The molecule has 1 aliphatic rings. The summed E-state index contributed by atoms with van der Waals surface area (Å²) in [6.45, 7) is 4.59. The van der Waals surface area contributed by atoms with Crippen molar-refractivity contribution in [2.75, 3.05) is 26.7 Å². The predicted octanol–water partition coefficient (Wildman–Crippen LogP) is 3.55. The summed E-state index contributed by atoms with van der Waals surface area (Å²) < 4.78 is 11.4. The first-order valence-corrected chi connectivity index (χ1v) is 10.4. The summed E-state index contributed by atoms with van der Waals surface area (Å²) in [6.07, 6.45) is 2.41. The highest BCUT2D eigenvalue weighted by atomic mass is 35.5. The van der Waals surface area contributed by atoms with Crippen LogP contribution in [0.2, 0.25) is 5.02 Å². The van der Waals surface area contributed by atoms with Gasteiger partial charge >= 0.3 is 0 Å². The number of carbonyl (C=O) groups excluding carboxylic acids is 1. The molecule has 2 aromatic carbocycles. The van der Waals surface area contributed by atoms with Crippen LogP contribution in [0, 0.1) is 6.92 Å². The van der Waals surface area contributed by atoms with Gasteiger partial charge in [0.1, 0.15) is 11.8 Å². The van der Waals surface area contributed by atoms with Gasteiger partial charge in [0, 0.05) is 23.8 Å². The van der Waals surface area contributed by atoms with Gasteiger partial charge in [-0.1, -0.05) is 35.9 Å². The number of likely N-dealkylation sites (tertiary alicyclic amines) is 1. The molecule has 6 heteroatoms. The van der Waals surface area contributed by atoms with Crippen LogP contribution in [-0.4, -0.2) is 32.7 Å². The number of carbonyl (C=O) groups is 1. The summed E-state index contributed by atoms with van der Waals surface area (Å²) in [7, 11) is 1.69. The molecule has 1 saturated heterocycles. The van der Waals surface area contributed by atoms with Crippen LogP contribution in [0.15, 0.2) is 46.9 Å². The van der Waals surface area contributed by atoms with E-state index in [9.17, 15) is 4.79 Å². The quantitative estimate of drug-likeness (QED) is 0.649. The maximum absolute atomic E-state index is 13.0. The number of halogens is 1. The minimum Gasteiger partial charge on any atom is -0.496 e. The minimum atomic E-state index is -0.215. The fourth-order valence-corrected chi connectivity index (χ4v) is 4.52. The summed E-state index contributed by atoms with van der Waals surface area (Å²) in [5.41, 5.74) is 2.49. The molecular weight excluding hydrogens is 388 g/mol. The minimum absolute atomic E-state index is 0.130. The Kier molecular flexibility index (Phi) is 5.79. The molecule has 1 aliphatic heterocycles. The maximum Gasteiger partial charge on any atom is 0.287 e. The first kappa shape index (κ1) is 19.8. The van der Waals surface area contributed by atoms with Crippen LogP contribution in [0.4, 0.5) is 0 Å². The van der Waals surface area contributed by atoms with Crippen molar-refractivity contribution in [2.24, 2.45) is 0 Å². The molecule has 2 N–H and O–H groups in total. The van der Waals surface area contributed by atoms with Gasteiger partial charge in [0.05, 0.1) is 37.3 Å². The van der Waals surface area contributed by atoms with Gasteiger partial charge in [-0.05, 0) is 25.1 Å². The van der Waals surface area contributed by atoms with E-state index in [1.807, 2.05) is 37.3 Å². The van der Waals surface area contributed by atoms with E-state index in [4.69, 9.17) is 20.8 Å². The number of quaternary nitrogens is 1. The third-order valence-corrected chi connectivity index (χ3v) is 6.14. The SMILES string of the molecule is COc1ccccc1[C@H](CNC(=O)c1oc2c(Cl)cccc2c1C)[NH+]1CCCC1. The van der Waals surface area contributed by atoms with Gasteiger partial charge in [-0.2, -0.15) is 0 Å². The Labute approximate surface area is 175 Å². The molecule has 1 aromatic heterocycles. The van der Waals surface area contributed by atoms with Crippen molar-refractivity contribution in [3.8, 4) is 5.75 Å². The van der Waals surface area contributed by atoms with Crippen molar-refractivity contribution in [3.05, 3.63) is 64.4 Å². The smallest absolute Gasteiger partial charge is 0.287 e. The fraction of sp³-hybridized carbons (Fsp3) is 0.348. The van der Waals surface area contributed by atoms with E-state index in [1.165, 1.54) is 17.7 Å². The Morgan fingerprint density at radius 2 is 1.97 bits per heavy atom. The molecule has 1 atom stereocenters. The van der Waals surface area contributed by atoms with Gasteiger partial charge in [0.25, 0.3) is 5.91 Å². The Balaban J connectivity index is 1.58.